The lowest BCUT2D eigenvalue weighted by atomic mass is 9.88. The number of piperidine rings is 1. The highest BCUT2D eigenvalue weighted by Crippen LogP contribution is 2.26. The van der Waals surface area contributed by atoms with Crippen molar-refractivity contribution in [2.45, 2.75) is 26.8 Å². The molecular weight excluding hydrogens is 212 g/mol. The molecule has 0 saturated carbocycles. The maximum atomic E-state index is 9.80. The molecule has 94 valence electrons. The van der Waals surface area contributed by atoms with Gasteiger partial charge in [0, 0.05) is 24.3 Å². The molecule has 1 saturated heterocycles. The first-order valence-electron chi connectivity index (χ1n) is 6.36. The summed E-state index contributed by atoms with van der Waals surface area (Å²) >= 11 is 0. The lowest BCUT2D eigenvalue weighted by Gasteiger charge is -2.35. The van der Waals surface area contributed by atoms with Crippen molar-refractivity contribution >= 4 is 5.69 Å². The Morgan fingerprint density at radius 3 is 2.82 bits per heavy atom. The molecule has 0 aliphatic carbocycles. The molecule has 1 aromatic carbocycles. The van der Waals surface area contributed by atoms with Crippen molar-refractivity contribution in [3.8, 4) is 5.75 Å². The summed E-state index contributed by atoms with van der Waals surface area (Å²) < 4.78 is 0. The Bertz CT molecular complexity index is 392. The van der Waals surface area contributed by atoms with Crippen LogP contribution in [0.5, 0.6) is 5.75 Å². The summed E-state index contributed by atoms with van der Waals surface area (Å²) in [6.07, 6.45) is 1.24. The molecule has 1 aliphatic heterocycles. The van der Waals surface area contributed by atoms with Gasteiger partial charge < -0.3 is 10.8 Å². The second-order valence-corrected chi connectivity index (χ2v) is 5.37. The Hall–Kier alpha value is -1.22. The van der Waals surface area contributed by atoms with Gasteiger partial charge in [0.05, 0.1) is 0 Å². The Morgan fingerprint density at radius 1 is 1.35 bits per heavy atom. The van der Waals surface area contributed by atoms with Gasteiger partial charge in [-0.3, -0.25) is 4.90 Å². The SMILES string of the molecule is CC1CCN(Cc2cc(N)ccc2O)CC1C. The number of anilines is 1. The highest BCUT2D eigenvalue weighted by Gasteiger charge is 2.23. The van der Waals surface area contributed by atoms with Crippen LogP contribution in [0.4, 0.5) is 5.69 Å². The van der Waals surface area contributed by atoms with Gasteiger partial charge in [-0.2, -0.15) is 0 Å². The zero-order chi connectivity index (χ0) is 12.4. The fourth-order valence-electron chi connectivity index (χ4n) is 2.47. The maximum Gasteiger partial charge on any atom is 0.120 e. The zero-order valence-corrected chi connectivity index (χ0v) is 10.7. The number of nitrogens with zero attached hydrogens (tertiary/aromatic N) is 1. The van der Waals surface area contributed by atoms with E-state index in [4.69, 9.17) is 5.73 Å². The van der Waals surface area contributed by atoms with Crippen molar-refractivity contribution in [1.29, 1.82) is 0 Å². The number of hydrogen-bond donors (Lipinski definition) is 2. The minimum absolute atomic E-state index is 0.352. The van der Waals surface area contributed by atoms with E-state index >= 15 is 0 Å². The van der Waals surface area contributed by atoms with Crippen molar-refractivity contribution in [2.24, 2.45) is 11.8 Å². The van der Waals surface area contributed by atoms with E-state index in [0.29, 0.717) is 5.75 Å². The summed E-state index contributed by atoms with van der Waals surface area (Å²) in [5.41, 5.74) is 7.41. The molecule has 1 aliphatic rings. The Balaban J connectivity index is 2.03. The minimum Gasteiger partial charge on any atom is -0.508 e. The van der Waals surface area contributed by atoms with Gasteiger partial charge in [-0.25, -0.2) is 0 Å². The number of aromatic hydroxyl groups is 1. The third kappa shape index (κ3) is 2.91. The number of phenols is 1. The van der Waals surface area contributed by atoms with Gasteiger partial charge in [-0.1, -0.05) is 13.8 Å². The molecule has 0 spiro atoms. The summed E-state index contributed by atoms with van der Waals surface area (Å²) in [6.45, 7) is 7.64. The standard InChI is InChI=1S/C14H22N2O/c1-10-5-6-16(8-11(10)2)9-12-7-13(15)3-4-14(12)17/h3-4,7,10-11,17H,5-6,8-9,15H2,1-2H3. The van der Waals surface area contributed by atoms with Crippen LogP contribution >= 0.6 is 0 Å². The first kappa shape index (κ1) is 12.2. The molecule has 3 heteroatoms. The third-order valence-electron chi connectivity index (χ3n) is 3.92. The monoisotopic (exact) mass is 234 g/mol. The van der Waals surface area contributed by atoms with Gasteiger partial charge in [0.15, 0.2) is 0 Å². The highest BCUT2D eigenvalue weighted by molar-refractivity contribution is 5.47. The maximum absolute atomic E-state index is 9.80. The summed E-state index contributed by atoms with van der Waals surface area (Å²) in [5, 5.41) is 9.80. The van der Waals surface area contributed by atoms with E-state index in [0.717, 1.165) is 42.7 Å². The predicted octanol–water partition coefficient (Wildman–Crippen LogP) is 2.45. The van der Waals surface area contributed by atoms with Crippen molar-refractivity contribution in [1.82, 2.24) is 4.90 Å². The number of likely N-dealkylation sites (tertiary alicyclic amines) is 1. The molecule has 1 aromatic rings. The van der Waals surface area contributed by atoms with E-state index in [9.17, 15) is 5.11 Å². The summed E-state index contributed by atoms with van der Waals surface area (Å²) in [4.78, 5) is 2.40. The van der Waals surface area contributed by atoms with Crippen LogP contribution in [-0.2, 0) is 6.54 Å². The number of rotatable bonds is 2. The molecule has 3 nitrogen and oxygen atoms in total. The average Bonchev–Trinajstić information content (AvgIpc) is 2.29. The molecule has 0 aromatic heterocycles. The van der Waals surface area contributed by atoms with Crippen molar-refractivity contribution in [3.05, 3.63) is 23.8 Å². The second-order valence-electron chi connectivity index (χ2n) is 5.37. The molecule has 17 heavy (non-hydrogen) atoms. The van der Waals surface area contributed by atoms with Gasteiger partial charge in [0.25, 0.3) is 0 Å². The summed E-state index contributed by atoms with van der Waals surface area (Å²) in [6, 6.07) is 5.29. The molecular formula is C14H22N2O. The molecule has 3 N–H and O–H groups in total. The summed E-state index contributed by atoms with van der Waals surface area (Å²) in [7, 11) is 0. The van der Waals surface area contributed by atoms with Crippen LogP contribution in [0.2, 0.25) is 0 Å². The molecule has 0 amide bonds. The van der Waals surface area contributed by atoms with Crippen molar-refractivity contribution in [3.63, 3.8) is 0 Å². The normalized spacial score (nSPS) is 26.0. The smallest absolute Gasteiger partial charge is 0.120 e. The largest absolute Gasteiger partial charge is 0.508 e. The van der Waals surface area contributed by atoms with Gasteiger partial charge in [-0.15, -0.1) is 0 Å². The van der Waals surface area contributed by atoms with Gasteiger partial charge in [-0.05, 0) is 43.0 Å². The van der Waals surface area contributed by atoms with Gasteiger partial charge >= 0.3 is 0 Å². The minimum atomic E-state index is 0.352. The molecule has 2 atom stereocenters. The van der Waals surface area contributed by atoms with Crippen molar-refractivity contribution in [2.75, 3.05) is 18.8 Å². The molecule has 0 radical (unpaired) electrons. The molecule has 2 unspecified atom stereocenters. The topological polar surface area (TPSA) is 49.5 Å². The number of benzene rings is 1. The average molecular weight is 234 g/mol. The van der Waals surface area contributed by atoms with E-state index in [1.807, 2.05) is 6.07 Å². The van der Waals surface area contributed by atoms with Crippen LogP contribution in [0, 0.1) is 11.8 Å². The first-order chi connectivity index (χ1) is 8.06. The van der Waals surface area contributed by atoms with Crippen LogP contribution in [0.1, 0.15) is 25.8 Å². The van der Waals surface area contributed by atoms with Crippen LogP contribution in [0.25, 0.3) is 0 Å². The van der Waals surface area contributed by atoms with Crippen LogP contribution in [0.15, 0.2) is 18.2 Å². The Labute approximate surface area is 103 Å². The van der Waals surface area contributed by atoms with Gasteiger partial charge in [0.2, 0.25) is 0 Å². The van der Waals surface area contributed by atoms with E-state index in [2.05, 4.69) is 18.7 Å². The van der Waals surface area contributed by atoms with Crippen molar-refractivity contribution < 1.29 is 5.11 Å². The van der Waals surface area contributed by atoms with Crippen LogP contribution < -0.4 is 5.73 Å². The second kappa shape index (κ2) is 4.96. The summed E-state index contributed by atoms with van der Waals surface area (Å²) in [5.74, 6) is 1.89. The zero-order valence-electron chi connectivity index (χ0n) is 10.7. The fraction of sp³-hybridized carbons (Fsp3) is 0.571. The first-order valence-corrected chi connectivity index (χ1v) is 6.36. The fourth-order valence-corrected chi connectivity index (χ4v) is 2.47. The predicted molar refractivity (Wildman–Crippen MR) is 70.7 cm³/mol. The van der Waals surface area contributed by atoms with Gasteiger partial charge in [0.1, 0.15) is 5.75 Å². The van der Waals surface area contributed by atoms with Crippen LogP contribution in [0.3, 0.4) is 0 Å². The number of phenolic OH excluding ortho intramolecular Hbond substituents is 1. The van der Waals surface area contributed by atoms with E-state index in [1.54, 1.807) is 12.1 Å². The molecule has 1 fully saturated rings. The Morgan fingerprint density at radius 2 is 2.12 bits per heavy atom. The highest BCUT2D eigenvalue weighted by atomic mass is 16.3. The lowest BCUT2D eigenvalue weighted by molar-refractivity contribution is 0.131. The number of hydrogen-bond acceptors (Lipinski definition) is 3. The quantitative estimate of drug-likeness (QED) is 0.610. The number of nitrogen functional groups attached to an aromatic ring is 1. The molecule has 2 rings (SSSR count). The van der Waals surface area contributed by atoms with E-state index in [1.165, 1.54) is 6.42 Å². The molecule has 1 heterocycles. The Kier molecular flexibility index (Phi) is 3.57. The molecule has 0 bridgehead atoms. The third-order valence-corrected chi connectivity index (χ3v) is 3.92. The lowest BCUT2D eigenvalue weighted by Crippen LogP contribution is -2.37. The van der Waals surface area contributed by atoms with E-state index in [-0.39, 0.29) is 0 Å². The van der Waals surface area contributed by atoms with Crippen LogP contribution in [-0.4, -0.2) is 23.1 Å². The van der Waals surface area contributed by atoms with E-state index < -0.39 is 0 Å². The number of nitrogens with two attached hydrogens (primary N) is 1.